The monoisotopic (exact) mass is 376 g/mol. The van der Waals surface area contributed by atoms with E-state index in [0.29, 0.717) is 28.6 Å². The first-order valence-corrected chi connectivity index (χ1v) is 9.64. The highest BCUT2D eigenvalue weighted by atomic mass is 35.5. The Bertz CT molecular complexity index is 738. The van der Waals surface area contributed by atoms with Gasteiger partial charge in [-0.3, -0.25) is 0 Å². The third-order valence-electron chi connectivity index (χ3n) is 5.24. The molecule has 0 saturated carbocycles. The minimum atomic E-state index is 0.459. The summed E-state index contributed by atoms with van der Waals surface area (Å²) >= 11 is 12.9. The molecule has 2 aliphatic rings. The highest BCUT2D eigenvalue weighted by molar-refractivity contribution is 6.44. The Balaban J connectivity index is 1.58. The maximum Gasteiger partial charge on any atom is 0.119 e. The molecule has 0 aromatic heterocycles. The molecule has 2 aromatic carbocycles. The van der Waals surface area contributed by atoms with Crippen molar-refractivity contribution >= 4 is 28.9 Å². The van der Waals surface area contributed by atoms with Crippen LogP contribution in [0.4, 0.5) is 5.69 Å². The molecule has 2 aliphatic heterocycles. The molecule has 1 fully saturated rings. The fourth-order valence-corrected chi connectivity index (χ4v) is 4.56. The van der Waals surface area contributed by atoms with E-state index < -0.39 is 0 Å². The van der Waals surface area contributed by atoms with Crippen LogP contribution in [0.15, 0.2) is 42.5 Å². The van der Waals surface area contributed by atoms with Gasteiger partial charge in [0.15, 0.2) is 0 Å². The summed E-state index contributed by atoms with van der Waals surface area (Å²) in [6.45, 7) is 3.53. The van der Waals surface area contributed by atoms with E-state index in [1.165, 1.54) is 5.56 Å². The summed E-state index contributed by atoms with van der Waals surface area (Å²) in [4.78, 5) is 2.42. The number of hydrogen-bond acceptors (Lipinski definition) is 3. The van der Waals surface area contributed by atoms with Crippen molar-refractivity contribution in [2.45, 2.75) is 24.8 Å². The fourth-order valence-electron chi connectivity index (χ4n) is 4.13. The predicted octanol–water partition coefficient (Wildman–Crippen LogP) is 4.73. The van der Waals surface area contributed by atoms with Crippen LogP contribution in [-0.2, 0) is 0 Å². The predicted molar refractivity (Wildman–Crippen MR) is 104 cm³/mol. The zero-order valence-corrected chi connectivity index (χ0v) is 15.6. The van der Waals surface area contributed by atoms with E-state index in [4.69, 9.17) is 27.9 Å². The number of fused-ring (bicyclic) bond motifs is 3. The minimum Gasteiger partial charge on any atom is -0.492 e. The Morgan fingerprint density at radius 1 is 1.04 bits per heavy atom. The van der Waals surface area contributed by atoms with Gasteiger partial charge in [0.05, 0.1) is 22.3 Å². The lowest BCUT2D eigenvalue weighted by atomic mass is 9.91. The van der Waals surface area contributed by atoms with Crippen LogP contribution in [-0.4, -0.2) is 32.3 Å². The summed E-state index contributed by atoms with van der Waals surface area (Å²) in [6.07, 6.45) is 2.24. The number of benzene rings is 2. The molecule has 4 rings (SSSR count). The second-order valence-electron chi connectivity index (χ2n) is 6.66. The molecule has 5 heteroatoms. The van der Waals surface area contributed by atoms with Gasteiger partial charge in [-0.25, -0.2) is 0 Å². The van der Waals surface area contributed by atoms with Crippen LogP contribution in [0.3, 0.4) is 0 Å². The maximum absolute atomic E-state index is 6.61. The first kappa shape index (κ1) is 17.0. The van der Waals surface area contributed by atoms with E-state index in [1.807, 2.05) is 36.4 Å². The molecule has 25 heavy (non-hydrogen) atoms. The molecule has 0 bridgehead atoms. The van der Waals surface area contributed by atoms with E-state index in [-0.39, 0.29) is 0 Å². The summed E-state index contributed by atoms with van der Waals surface area (Å²) in [5.74, 6) is 1.41. The number of anilines is 1. The zero-order chi connectivity index (χ0) is 17.2. The molecule has 2 heterocycles. The molecule has 2 atom stereocenters. The first-order chi connectivity index (χ1) is 12.3. The highest BCUT2D eigenvalue weighted by Crippen LogP contribution is 2.49. The number of halogens is 2. The molecular formula is C20H22Cl2N2O. The van der Waals surface area contributed by atoms with Crippen molar-refractivity contribution in [3.63, 3.8) is 0 Å². The summed E-state index contributed by atoms with van der Waals surface area (Å²) in [6, 6.07) is 14.5. The quantitative estimate of drug-likeness (QED) is 0.834. The lowest BCUT2D eigenvalue weighted by Crippen LogP contribution is -2.37. The van der Waals surface area contributed by atoms with Gasteiger partial charge >= 0.3 is 0 Å². The summed E-state index contributed by atoms with van der Waals surface area (Å²) in [5, 5.41) is 4.83. The van der Waals surface area contributed by atoms with Crippen molar-refractivity contribution in [3.8, 4) is 5.75 Å². The summed E-state index contributed by atoms with van der Waals surface area (Å²) < 4.78 is 5.93. The van der Waals surface area contributed by atoms with Crippen molar-refractivity contribution in [1.29, 1.82) is 0 Å². The SMILES string of the molecule is Clc1ccc2c(c1Cl)N(CCOc1ccccc1)[C@H]1CCNCC[C@@H]21. The van der Waals surface area contributed by atoms with Crippen LogP contribution in [0.25, 0.3) is 0 Å². The third kappa shape index (κ3) is 3.33. The van der Waals surface area contributed by atoms with Crippen LogP contribution >= 0.6 is 23.2 Å². The summed E-state index contributed by atoms with van der Waals surface area (Å²) in [5.41, 5.74) is 2.45. The van der Waals surface area contributed by atoms with Crippen LogP contribution in [0, 0.1) is 0 Å². The Kier molecular flexibility index (Phi) is 5.07. The standard InChI is InChI=1S/C20H22Cl2N2O/c21-17-7-6-16-15-8-10-23-11-9-18(15)24(20(16)19(17)22)12-13-25-14-4-2-1-3-5-14/h1-7,15,18,23H,8-13H2/t15-,18-/m0/s1. The third-order valence-corrected chi connectivity index (χ3v) is 6.04. The van der Waals surface area contributed by atoms with Crippen LogP contribution in [0.2, 0.25) is 10.0 Å². The largest absolute Gasteiger partial charge is 0.492 e. The van der Waals surface area contributed by atoms with Gasteiger partial charge in [0, 0.05) is 12.0 Å². The Morgan fingerprint density at radius 3 is 2.68 bits per heavy atom. The minimum absolute atomic E-state index is 0.459. The molecule has 132 valence electrons. The van der Waals surface area contributed by atoms with Crippen LogP contribution in [0.1, 0.15) is 24.3 Å². The van der Waals surface area contributed by atoms with E-state index in [9.17, 15) is 0 Å². The molecule has 3 nitrogen and oxygen atoms in total. The van der Waals surface area contributed by atoms with Crippen molar-refractivity contribution in [2.75, 3.05) is 31.1 Å². The van der Waals surface area contributed by atoms with E-state index in [0.717, 1.165) is 43.9 Å². The van der Waals surface area contributed by atoms with Crippen molar-refractivity contribution < 1.29 is 4.74 Å². The van der Waals surface area contributed by atoms with Gasteiger partial charge in [0.1, 0.15) is 12.4 Å². The van der Waals surface area contributed by atoms with E-state index in [2.05, 4.69) is 16.3 Å². The number of para-hydroxylation sites is 1. The Hall–Kier alpha value is -1.42. The van der Waals surface area contributed by atoms with Crippen molar-refractivity contribution in [3.05, 3.63) is 58.1 Å². The Labute approximate surface area is 158 Å². The number of rotatable bonds is 4. The molecule has 0 unspecified atom stereocenters. The zero-order valence-electron chi connectivity index (χ0n) is 14.1. The van der Waals surface area contributed by atoms with Gasteiger partial charge in [-0.05, 0) is 49.7 Å². The van der Waals surface area contributed by atoms with E-state index >= 15 is 0 Å². The topological polar surface area (TPSA) is 24.5 Å². The smallest absolute Gasteiger partial charge is 0.119 e. The highest BCUT2D eigenvalue weighted by Gasteiger charge is 2.40. The van der Waals surface area contributed by atoms with Crippen molar-refractivity contribution in [2.24, 2.45) is 0 Å². The van der Waals surface area contributed by atoms with E-state index in [1.54, 1.807) is 0 Å². The first-order valence-electron chi connectivity index (χ1n) is 8.89. The molecule has 1 N–H and O–H groups in total. The average Bonchev–Trinajstić information content (AvgIpc) is 2.78. The van der Waals surface area contributed by atoms with Gasteiger partial charge in [-0.1, -0.05) is 47.5 Å². The second kappa shape index (κ2) is 7.45. The molecule has 0 aliphatic carbocycles. The van der Waals surface area contributed by atoms with Gasteiger partial charge in [-0.2, -0.15) is 0 Å². The lowest BCUT2D eigenvalue weighted by Gasteiger charge is -2.29. The van der Waals surface area contributed by atoms with Gasteiger partial charge in [0.25, 0.3) is 0 Å². The average molecular weight is 377 g/mol. The fraction of sp³-hybridized carbons (Fsp3) is 0.400. The normalized spacial score (nSPS) is 22.2. The second-order valence-corrected chi connectivity index (χ2v) is 7.44. The van der Waals surface area contributed by atoms with Crippen molar-refractivity contribution in [1.82, 2.24) is 5.32 Å². The number of nitrogens with zero attached hydrogens (tertiary/aromatic N) is 1. The van der Waals surface area contributed by atoms with Crippen LogP contribution in [0.5, 0.6) is 5.75 Å². The molecule has 0 amide bonds. The molecular weight excluding hydrogens is 355 g/mol. The molecule has 2 aromatic rings. The van der Waals surface area contributed by atoms with Gasteiger partial charge in [-0.15, -0.1) is 0 Å². The molecule has 1 saturated heterocycles. The Morgan fingerprint density at radius 2 is 1.84 bits per heavy atom. The number of hydrogen-bond donors (Lipinski definition) is 1. The van der Waals surface area contributed by atoms with Crippen LogP contribution < -0.4 is 15.0 Å². The number of nitrogens with one attached hydrogen (secondary N) is 1. The molecule has 0 spiro atoms. The molecule has 0 radical (unpaired) electrons. The maximum atomic E-state index is 6.61. The summed E-state index contributed by atoms with van der Waals surface area (Å²) in [7, 11) is 0. The van der Waals surface area contributed by atoms with Gasteiger partial charge in [0.2, 0.25) is 0 Å². The lowest BCUT2D eigenvalue weighted by molar-refractivity contribution is 0.317. The van der Waals surface area contributed by atoms with Gasteiger partial charge < -0.3 is 15.0 Å². The number of ether oxygens (including phenoxy) is 1.